The zero-order valence-corrected chi connectivity index (χ0v) is 16.9. The van der Waals surface area contributed by atoms with E-state index in [-0.39, 0.29) is 18.4 Å². The zero-order valence-electron chi connectivity index (χ0n) is 16.9. The van der Waals surface area contributed by atoms with Gasteiger partial charge in [0, 0.05) is 35.0 Å². The third kappa shape index (κ3) is 4.10. The van der Waals surface area contributed by atoms with E-state index in [0.29, 0.717) is 11.4 Å². The Morgan fingerprint density at radius 2 is 1.77 bits per heavy atom. The highest BCUT2D eigenvalue weighted by atomic mass is 16.2. The summed E-state index contributed by atoms with van der Waals surface area (Å²) in [7, 11) is 0. The molecule has 1 atom stereocenters. The van der Waals surface area contributed by atoms with Gasteiger partial charge in [0.05, 0.1) is 0 Å². The summed E-state index contributed by atoms with van der Waals surface area (Å²) in [4.78, 5) is 25.1. The van der Waals surface area contributed by atoms with Crippen LogP contribution in [0, 0.1) is 6.92 Å². The lowest BCUT2D eigenvalue weighted by molar-refractivity contribution is -0.119. The van der Waals surface area contributed by atoms with Crippen molar-refractivity contribution in [3.8, 4) is 0 Å². The highest BCUT2D eigenvalue weighted by Crippen LogP contribution is 2.20. The predicted octanol–water partition coefficient (Wildman–Crippen LogP) is 3.98. The first-order chi connectivity index (χ1) is 14.5. The lowest BCUT2D eigenvalue weighted by atomic mass is 10.2. The second-order valence-corrected chi connectivity index (χ2v) is 7.21. The quantitative estimate of drug-likeness (QED) is 0.513. The van der Waals surface area contributed by atoms with Crippen LogP contribution >= 0.6 is 0 Å². The Labute approximate surface area is 174 Å². The third-order valence-electron chi connectivity index (χ3n) is 5.03. The molecular weight excluding hydrogens is 378 g/mol. The van der Waals surface area contributed by atoms with Gasteiger partial charge in [-0.05, 0) is 55.6 Å². The molecule has 0 saturated carbocycles. The number of carbonyl (C=O) groups excluding carboxylic acids is 2. The molecule has 152 valence electrons. The van der Waals surface area contributed by atoms with Crippen molar-refractivity contribution in [1.82, 2.24) is 14.3 Å². The Kier molecular flexibility index (Phi) is 5.34. The molecule has 0 fully saturated rings. The SMILES string of the molecule is Cc1cc2ccccc2n1CC(=O)Nc1cccc(NC(=O)C(C)n2cccn2)c1. The number of amides is 2. The van der Waals surface area contributed by atoms with Crippen LogP contribution in [-0.2, 0) is 16.1 Å². The Bertz CT molecular complexity index is 1190. The Morgan fingerprint density at radius 3 is 2.53 bits per heavy atom. The van der Waals surface area contributed by atoms with Crippen LogP contribution in [0.2, 0.25) is 0 Å². The Hall–Kier alpha value is -3.87. The second kappa shape index (κ2) is 8.24. The largest absolute Gasteiger partial charge is 0.335 e. The molecule has 0 saturated heterocycles. The van der Waals surface area contributed by atoms with E-state index in [1.165, 1.54) is 0 Å². The molecule has 0 aliphatic heterocycles. The second-order valence-electron chi connectivity index (χ2n) is 7.21. The fraction of sp³-hybridized carbons (Fsp3) is 0.174. The van der Waals surface area contributed by atoms with Gasteiger partial charge in [-0.2, -0.15) is 5.10 Å². The average Bonchev–Trinajstić information content (AvgIpc) is 3.36. The summed E-state index contributed by atoms with van der Waals surface area (Å²) in [6.07, 6.45) is 3.38. The monoisotopic (exact) mass is 401 g/mol. The number of hydrogen-bond acceptors (Lipinski definition) is 3. The van der Waals surface area contributed by atoms with Crippen LogP contribution in [0.3, 0.4) is 0 Å². The van der Waals surface area contributed by atoms with Crippen LogP contribution in [0.15, 0.2) is 73.1 Å². The predicted molar refractivity (Wildman–Crippen MR) is 117 cm³/mol. The van der Waals surface area contributed by atoms with Gasteiger partial charge in [0.25, 0.3) is 0 Å². The van der Waals surface area contributed by atoms with Gasteiger partial charge >= 0.3 is 0 Å². The number of hydrogen-bond donors (Lipinski definition) is 2. The number of fused-ring (bicyclic) bond motifs is 1. The zero-order chi connectivity index (χ0) is 21.1. The molecule has 2 heterocycles. The summed E-state index contributed by atoms with van der Waals surface area (Å²) in [6.45, 7) is 3.98. The summed E-state index contributed by atoms with van der Waals surface area (Å²) in [6, 6.07) is 18.5. The van der Waals surface area contributed by atoms with E-state index in [1.807, 2.05) is 35.8 Å². The van der Waals surface area contributed by atoms with Gasteiger partial charge in [0.2, 0.25) is 11.8 Å². The maximum absolute atomic E-state index is 12.6. The summed E-state index contributed by atoms with van der Waals surface area (Å²) in [5, 5.41) is 11.0. The number of aryl methyl sites for hydroxylation is 1. The van der Waals surface area contributed by atoms with E-state index in [1.54, 1.807) is 54.3 Å². The maximum Gasteiger partial charge on any atom is 0.248 e. The minimum Gasteiger partial charge on any atom is -0.335 e. The number of benzene rings is 2. The van der Waals surface area contributed by atoms with E-state index >= 15 is 0 Å². The van der Waals surface area contributed by atoms with Gasteiger partial charge in [-0.3, -0.25) is 14.3 Å². The fourth-order valence-electron chi connectivity index (χ4n) is 3.45. The highest BCUT2D eigenvalue weighted by Gasteiger charge is 2.15. The lowest BCUT2D eigenvalue weighted by Crippen LogP contribution is -2.24. The highest BCUT2D eigenvalue weighted by molar-refractivity contribution is 5.96. The van der Waals surface area contributed by atoms with E-state index in [2.05, 4.69) is 21.8 Å². The molecule has 7 nitrogen and oxygen atoms in total. The first-order valence-corrected chi connectivity index (χ1v) is 9.76. The van der Waals surface area contributed by atoms with Crippen molar-refractivity contribution in [2.24, 2.45) is 0 Å². The number of rotatable bonds is 6. The number of aromatic nitrogens is 3. The summed E-state index contributed by atoms with van der Waals surface area (Å²) >= 11 is 0. The summed E-state index contributed by atoms with van der Waals surface area (Å²) in [5.74, 6) is -0.315. The van der Waals surface area contributed by atoms with Gasteiger partial charge < -0.3 is 15.2 Å². The van der Waals surface area contributed by atoms with Crippen molar-refractivity contribution in [1.29, 1.82) is 0 Å². The first kappa shape index (κ1) is 19.4. The number of carbonyl (C=O) groups is 2. The standard InChI is InChI=1S/C23H23N5O2/c1-16-13-18-7-3-4-10-21(18)27(16)15-22(29)25-19-8-5-9-20(14-19)26-23(30)17(2)28-12-6-11-24-28/h3-14,17H,15H2,1-2H3,(H,25,29)(H,26,30). The molecule has 2 aromatic carbocycles. The van der Waals surface area contributed by atoms with Crippen molar-refractivity contribution in [2.45, 2.75) is 26.4 Å². The van der Waals surface area contributed by atoms with Crippen molar-refractivity contribution in [2.75, 3.05) is 10.6 Å². The van der Waals surface area contributed by atoms with E-state index in [0.717, 1.165) is 16.6 Å². The first-order valence-electron chi connectivity index (χ1n) is 9.76. The average molecular weight is 401 g/mol. The Balaban J connectivity index is 1.43. The molecule has 0 aliphatic rings. The fourth-order valence-corrected chi connectivity index (χ4v) is 3.45. The van der Waals surface area contributed by atoms with Crippen molar-refractivity contribution in [3.05, 3.63) is 78.8 Å². The molecule has 2 amide bonds. The molecule has 2 aromatic heterocycles. The van der Waals surface area contributed by atoms with E-state index in [4.69, 9.17) is 0 Å². The van der Waals surface area contributed by atoms with Crippen molar-refractivity contribution < 1.29 is 9.59 Å². The minimum absolute atomic E-state index is 0.132. The molecule has 4 rings (SSSR count). The van der Waals surface area contributed by atoms with Crippen LogP contribution in [0.4, 0.5) is 11.4 Å². The van der Waals surface area contributed by atoms with Gasteiger partial charge in [0.1, 0.15) is 12.6 Å². The van der Waals surface area contributed by atoms with Crippen LogP contribution in [-0.4, -0.2) is 26.2 Å². The molecule has 0 spiro atoms. The van der Waals surface area contributed by atoms with Crippen molar-refractivity contribution >= 4 is 34.1 Å². The lowest BCUT2D eigenvalue weighted by Gasteiger charge is -2.14. The number of nitrogens with zero attached hydrogens (tertiary/aromatic N) is 3. The minimum atomic E-state index is -0.441. The van der Waals surface area contributed by atoms with Crippen LogP contribution in [0.1, 0.15) is 18.7 Å². The normalized spacial score (nSPS) is 11.9. The molecule has 4 aromatic rings. The smallest absolute Gasteiger partial charge is 0.248 e. The van der Waals surface area contributed by atoms with Crippen LogP contribution in [0.5, 0.6) is 0 Å². The third-order valence-corrected chi connectivity index (χ3v) is 5.03. The number of nitrogens with one attached hydrogen (secondary N) is 2. The van der Waals surface area contributed by atoms with Crippen molar-refractivity contribution in [3.63, 3.8) is 0 Å². The molecule has 0 bridgehead atoms. The van der Waals surface area contributed by atoms with Crippen LogP contribution in [0.25, 0.3) is 10.9 Å². The molecule has 1 unspecified atom stereocenters. The van der Waals surface area contributed by atoms with Gasteiger partial charge in [-0.25, -0.2) is 0 Å². The Morgan fingerprint density at radius 1 is 1.00 bits per heavy atom. The van der Waals surface area contributed by atoms with Gasteiger partial charge in [-0.15, -0.1) is 0 Å². The van der Waals surface area contributed by atoms with Gasteiger partial charge in [0.15, 0.2) is 0 Å². The summed E-state index contributed by atoms with van der Waals surface area (Å²) < 4.78 is 3.58. The topological polar surface area (TPSA) is 81.0 Å². The molecule has 0 aliphatic carbocycles. The summed E-state index contributed by atoms with van der Waals surface area (Å²) in [5.41, 5.74) is 3.29. The number of para-hydroxylation sites is 1. The molecular formula is C23H23N5O2. The van der Waals surface area contributed by atoms with E-state index < -0.39 is 6.04 Å². The van der Waals surface area contributed by atoms with Crippen LogP contribution < -0.4 is 10.6 Å². The molecule has 30 heavy (non-hydrogen) atoms. The maximum atomic E-state index is 12.6. The van der Waals surface area contributed by atoms with E-state index in [9.17, 15) is 9.59 Å². The number of anilines is 2. The molecule has 2 N–H and O–H groups in total. The van der Waals surface area contributed by atoms with Gasteiger partial charge in [-0.1, -0.05) is 24.3 Å². The molecule has 0 radical (unpaired) electrons. The molecule has 7 heteroatoms.